The van der Waals surface area contributed by atoms with E-state index < -0.39 is 11.9 Å². The molecular weight excluding hydrogens is 384 g/mol. The van der Waals surface area contributed by atoms with Gasteiger partial charge >= 0.3 is 5.97 Å². The highest BCUT2D eigenvalue weighted by Gasteiger charge is 2.38. The number of ether oxygens (including phenoxy) is 2. The van der Waals surface area contributed by atoms with Gasteiger partial charge in [-0.3, -0.25) is 14.8 Å². The van der Waals surface area contributed by atoms with E-state index in [1.54, 1.807) is 47.6 Å². The van der Waals surface area contributed by atoms with E-state index in [0.717, 1.165) is 5.56 Å². The molecule has 4 rings (SSSR count). The van der Waals surface area contributed by atoms with Crippen molar-refractivity contribution in [2.24, 2.45) is 5.73 Å². The molecule has 0 saturated heterocycles. The van der Waals surface area contributed by atoms with Crippen LogP contribution in [0.1, 0.15) is 28.3 Å². The number of methoxy groups -OCH3 is 1. The summed E-state index contributed by atoms with van der Waals surface area (Å²) in [5.41, 5.74) is 8.47. The van der Waals surface area contributed by atoms with Gasteiger partial charge in [-0.25, -0.2) is 4.79 Å². The van der Waals surface area contributed by atoms with E-state index in [1.807, 2.05) is 19.1 Å². The van der Waals surface area contributed by atoms with Crippen molar-refractivity contribution in [2.75, 3.05) is 7.11 Å². The Labute approximate surface area is 172 Å². The summed E-state index contributed by atoms with van der Waals surface area (Å²) in [7, 11) is 1.26. The fraction of sp³-hybridized carbons (Fsp3) is 0.182. The summed E-state index contributed by atoms with van der Waals surface area (Å²) in [5, 5.41) is 0. The van der Waals surface area contributed by atoms with E-state index in [4.69, 9.17) is 15.2 Å². The van der Waals surface area contributed by atoms with Crippen molar-refractivity contribution in [3.8, 4) is 5.75 Å². The maximum absolute atomic E-state index is 13.6. The van der Waals surface area contributed by atoms with Crippen LogP contribution in [0, 0.1) is 6.92 Å². The number of pyridine rings is 3. The minimum Gasteiger partial charge on any atom is -0.465 e. The molecule has 0 unspecified atom stereocenters. The lowest BCUT2D eigenvalue weighted by Crippen LogP contribution is -2.35. The van der Waals surface area contributed by atoms with Gasteiger partial charge in [-0.2, -0.15) is 0 Å². The first kappa shape index (κ1) is 19.4. The Morgan fingerprint density at radius 3 is 2.67 bits per heavy atom. The van der Waals surface area contributed by atoms with E-state index in [0.29, 0.717) is 29.1 Å². The molecule has 1 aliphatic rings. The smallest absolute Gasteiger partial charge is 0.340 e. The first-order valence-electron chi connectivity index (χ1n) is 9.30. The Bertz CT molecular complexity index is 1190. The molecule has 1 atom stereocenters. The highest BCUT2D eigenvalue weighted by Crippen LogP contribution is 2.40. The zero-order valence-corrected chi connectivity index (χ0v) is 16.5. The summed E-state index contributed by atoms with van der Waals surface area (Å²) in [5.74, 6) is -1.18. The van der Waals surface area contributed by atoms with Crippen LogP contribution < -0.4 is 16.0 Å². The number of hydrogen-bond donors (Lipinski definition) is 1. The van der Waals surface area contributed by atoms with Crippen LogP contribution >= 0.6 is 0 Å². The van der Waals surface area contributed by atoms with Gasteiger partial charge in [0.2, 0.25) is 5.88 Å². The third-order valence-corrected chi connectivity index (χ3v) is 5.08. The van der Waals surface area contributed by atoms with Crippen LogP contribution in [0.5, 0.6) is 5.75 Å². The van der Waals surface area contributed by atoms with Crippen LogP contribution in [-0.4, -0.2) is 27.6 Å². The number of hydrogen-bond acceptors (Lipinski definition) is 7. The number of nitrogens with zero attached hydrogens (tertiary/aromatic N) is 3. The Kier molecular flexibility index (Phi) is 5.05. The van der Waals surface area contributed by atoms with Gasteiger partial charge < -0.3 is 19.8 Å². The summed E-state index contributed by atoms with van der Waals surface area (Å²) in [6.45, 7) is 2.17. The van der Waals surface area contributed by atoms with Crippen LogP contribution in [0.2, 0.25) is 0 Å². The van der Waals surface area contributed by atoms with Crippen LogP contribution in [0.25, 0.3) is 0 Å². The quantitative estimate of drug-likeness (QED) is 0.661. The average molecular weight is 404 g/mol. The monoisotopic (exact) mass is 404 g/mol. The van der Waals surface area contributed by atoms with Crippen molar-refractivity contribution in [3.63, 3.8) is 0 Å². The van der Waals surface area contributed by atoms with Crippen LogP contribution in [0.4, 0.5) is 0 Å². The topological polar surface area (TPSA) is 109 Å². The second-order valence-electron chi connectivity index (χ2n) is 6.90. The molecule has 152 valence electrons. The molecule has 30 heavy (non-hydrogen) atoms. The Morgan fingerprint density at radius 1 is 1.23 bits per heavy atom. The van der Waals surface area contributed by atoms with Gasteiger partial charge in [0.25, 0.3) is 5.56 Å². The third-order valence-electron chi connectivity index (χ3n) is 5.08. The molecular formula is C22H20N4O4. The highest BCUT2D eigenvalue weighted by atomic mass is 16.5. The first-order valence-corrected chi connectivity index (χ1v) is 9.30. The van der Waals surface area contributed by atoms with Gasteiger partial charge in [0, 0.05) is 36.5 Å². The molecule has 8 heteroatoms. The molecule has 0 fully saturated rings. The minimum absolute atomic E-state index is 0.0782. The van der Waals surface area contributed by atoms with Gasteiger partial charge in [0.1, 0.15) is 11.3 Å². The van der Waals surface area contributed by atoms with Crippen molar-refractivity contribution in [1.29, 1.82) is 0 Å². The lowest BCUT2D eigenvalue weighted by Gasteiger charge is -2.28. The molecule has 4 heterocycles. The average Bonchev–Trinajstić information content (AvgIpc) is 2.76. The van der Waals surface area contributed by atoms with Crippen molar-refractivity contribution >= 4 is 5.97 Å². The maximum Gasteiger partial charge on any atom is 0.340 e. The molecule has 0 spiro atoms. The predicted molar refractivity (Wildman–Crippen MR) is 109 cm³/mol. The summed E-state index contributed by atoms with van der Waals surface area (Å²) in [4.78, 5) is 34.3. The van der Waals surface area contributed by atoms with Gasteiger partial charge in [-0.15, -0.1) is 0 Å². The molecule has 3 aromatic heterocycles. The van der Waals surface area contributed by atoms with Crippen LogP contribution in [0.15, 0.2) is 71.4 Å². The van der Waals surface area contributed by atoms with Crippen molar-refractivity contribution < 1.29 is 14.3 Å². The molecule has 0 radical (unpaired) electrons. The number of fused-ring (bicyclic) bond motifs is 1. The Morgan fingerprint density at radius 2 is 2.00 bits per heavy atom. The zero-order chi connectivity index (χ0) is 21.3. The van der Waals surface area contributed by atoms with E-state index in [9.17, 15) is 9.59 Å². The summed E-state index contributed by atoms with van der Waals surface area (Å²) < 4.78 is 12.3. The van der Waals surface area contributed by atoms with Crippen molar-refractivity contribution in [1.82, 2.24) is 14.5 Å². The number of aromatic nitrogens is 3. The zero-order valence-electron chi connectivity index (χ0n) is 16.5. The number of carbonyl (C=O) groups excluding carboxylic acids is 1. The lowest BCUT2D eigenvalue weighted by atomic mass is 9.84. The third kappa shape index (κ3) is 3.32. The second kappa shape index (κ2) is 7.82. The Balaban J connectivity index is 1.94. The minimum atomic E-state index is -0.758. The number of esters is 1. The van der Waals surface area contributed by atoms with E-state index in [1.165, 1.54) is 7.11 Å². The molecule has 2 N–H and O–H groups in total. The number of nitrogens with two attached hydrogens (primary N) is 1. The van der Waals surface area contributed by atoms with Gasteiger partial charge in [0.05, 0.1) is 25.1 Å². The molecule has 0 amide bonds. The Hall–Kier alpha value is -3.94. The standard InChI is InChI=1S/C22H20N4O4/c1-13-10-16-18(21(27)26(13)12-14-5-8-24-9-6-14)17(15-4-3-7-25-11-15)19(20(23)30-16)22(28)29-2/h3-11,17H,12,23H2,1-2H3/t17-/m0/s1. The SMILES string of the molecule is COC(=O)C1=C(N)Oc2cc(C)n(Cc3ccncc3)c(=O)c2[C@@H]1c1cccnc1. The number of aryl methyl sites for hydroxylation is 1. The summed E-state index contributed by atoms with van der Waals surface area (Å²) >= 11 is 0. The molecule has 0 bridgehead atoms. The van der Waals surface area contributed by atoms with E-state index in [2.05, 4.69) is 9.97 Å². The fourth-order valence-corrected chi connectivity index (χ4v) is 3.64. The highest BCUT2D eigenvalue weighted by molar-refractivity contribution is 5.92. The fourth-order valence-electron chi connectivity index (χ4n) is 3.64. The van der Waals surface area contributed by atoms with Crippen LogP contribution in [-0.2, 0) is 16.1 Å². The van der Waals surface area contributed by atoms with E-state index in [-0.39, 0.29) is 17.0 Å². The molecule has 0 saturated carbocycles. The number of rotatable bonds is 4. The van der Waals surface area contributed by atoms with Crippen molar-refractivity contribution in [2.45, 2.75) is 19.4 Å². The van der Waals surface area contributed by atoms with Gasteiger partial charge in [0.15, 0.2) is 0 Å². The summed E-state index contributed by atoms with van der Waals surface area (Å²) in [6.07, 6.45) is 6.57. The lowest BCUT2D eigenvalue weighted by molar-refractivity contribution is -0.136. The molecule has 8 nitrogen and oxygen atoms in total. The first-order chi connectivity index (χ1) is 14.5. The van der Waals surface area contributed by atoms with E-state index >= 15 is 0 Å². The summed E-state index contributed by atoms with van der Waals surface area (Å²) in [6, 6.07) is 8.97. The van der Waals surface area contributed by atoms with Gasteiger partial charge in [-0.1, -0.05) is 6.07 Å². The molecule has 3 aromatic rings. The van der Waals surface area contributed by atoms with Crippen LogP contribution in [0.3, 0.4) is 0 Å². The molecule has 0 aliphatic carbocycles. The predicted octanol–water partition coefficient (Wildman–Crippen LogP) is 1.86. The largest absolute Gasteiger partial charge is 0.465 e. The normalized spacial score (nSPS) is 15.3. The maximum atomic E-state index is 13.6. The van der Waals surface area contributed by atoms with Crippen molar-refractivity contribution in [3.05, 3.63) is 99.3 Å². The number of carbonyl (C=O) groups is 1. The second-order valence-corrected chi connectivity index (χ2v) is 6.90. The molecule has 0 aromatic carbocycles. The molecule has 1 aliphatic heterocycles. The van der Waals surface area contributed by atoms with Gasteiger partial charge in [-0.05, 0) is 36.2 Å².